The van der Waals surface area contributed by atoms with Gasteiger partial charge in [-0.15, -0.1) is 0 Å². The summed E-state index contributed by atoms with van der Waals surface area (Å²) in [5.41, 5.74) is 0. The van der Waals surface area contributed by atoms with Crippen molar-refractivity contribution in [1.29, 1.82) is 0 Å². The summed E-state index contributed by atoms with van der Waals surface area (Å²) in [6, 6.07) is 0. The van der Waals surface area contributed by atoms with Crippen molar-refractivity contribution < 1.29 is 48.7 Å². The zero-order valence-corrected chi connectivity index (χ0v) is 8.10. The topological polar surface area (TPSA) is 17.1 Å². The third-order valence-corrected chi connectivity index (χ3v) is 1.82. The molecule has 0 aliphatic heterocycles. The Balaban J connectivity index is 5.54. The minimum Gasteiger partial charge on any atom is -0.286 e. The second kappa shape index (κ2) is 4.57. The van der Waals surface area contributed by atoms with Crippen LogP contribution in [0.4, 0.5) is 43.9 Å². The Labute approximate surface area is 92.7 Å². The van der Waals surface area contributed by atoms with Crippen LogP contribution in [0.3, 0.4) is 0 Å². The second-order valence-corrected chi connectivity index (χ2v) is 3.15. The first-order chi connectivity index (χ1) is 7.78. The van der Waals surface area contributed by atoms with Crippen LogP contribution in [0.1, 0.15) is 0 Å². The van der Waals surface area contributed by atoms with Gasteiger partial charge in [0.05, 0.1) is 0 Å². The monoisotopic (exact) mass is 294 g/mol. The first-order valence-electron chi connectivity index (χ1n) is 3.96. The van der Waals surface area contributed by atoms with Gasteiger partial charge in [-0.2, -0.15) is 35.1 Å². The highest BCUT2D eigenvalue weighted by molar-refractivity contribution is 5.94. The van der Waals surface area contributed by atoms with Crippen LogP contribution < -0.4 is 0 Å². The van der Waals surface area contributed by atoms with Crippen LogP contribution in [0, 0.1) is 0 Å². The molecule has 0 unspecified atom stereocenters. The Hall–Kier alpha value is -1.03. The van der Waals surface area contributed by atoms with E-state index in [1.54, 1.807) is 0 Å². The van der Waals surface area contributed by atoms with Gasteiger partial charge in [0.2, 0.25) is 0 Å². The maximum atomic E-state index is 12.5. The first kappa shape index (κ1) is 17.0. The van der Waals surface area contributed by atoms with Crippen LogP contribution in [0.2, 0.25) is 0 Å². The van der Waals surface area contributed by atoms with E-state index in [0.29, 0.717) is 0 Å². The van der Waals surface area contributed by atoms with Gasteiger partial charge in [-0.3, -0.25) is 4.79 Å². The number of carbonyl (C=O) groups excluding carboxylic acids is 1. The van der Waals surface area contributed by atoms with Crippen molar-refractivity contribution in [3.8, 4) is 0 Å². The van der Waals surface area contributed by atoms with Crippen LogP contribution in [-0.2, 0) is 4.79 Å². The van der Waals surface area contributed by atoms with Gasteiger partial charge in [-0.1, -0.05) is 0 Å². The molecular weight excluding hydrogens is 290 g/mol. The average Bonchev–Trinajstić information content (AvgIpc) is 2.27. The maximum absolute atomic E-state index is 12.5. The van der Waals surface area contributed by atoms with Crippen LogP contribution in [0.5, 0.6) is 0 Å². The van der Waals surface area contributed by atoms with Gasteiger partial charge in [0.1, 0.15) is 0 Å². The minimum absolute atomic E-state index is 3.23. The molecule has 0 atom stereocenters. The van der Waals surface area contributed by atoms with Crippen LogP contribution in [0.15, 0.2) is 0 Å². The first-order valence-corrected chi connectivity index (χ1v) is 3.96. The molecule has 0 N–H and O–H groups in total. The Kier molecular flexibility index (Phi) is 4.31. The third kappa shape index (κ3) is 2.39. The van der Waals surface area contributed by atoms with Crippen molar-refractivity contribution in [3.63, 3.8) is 0 Å². The molecule has 0 aromatic rings. The smallest absolute Gasteiger partial charge is 0.286 e. The molecule has 0 heterocycles. The summed E-state index contributed by atoms with van der Waals surface area (Å²) in [6.07, 6.45) is 0. The number of halogens is 10. The molecule has 0 aromatic heterocycles. The zero-order valence-electron chi connectivity index (χ0n) is 8.10. The predicted octanol–water partition coefficient (Wildman–Crippen LogP) is 3.04. The van der Waals surface area contributed by atoms with E-state index in [1.165, 1.54) is 0 Å². The Morgan fingerprint density at radius 1 is 0.667 bits per heavy atom. The van der Waals surface area contributed by atoms with Gasteiger partial charge in [-0.25, -0.2) is 8.78 Å². The number of hydrogen-bond acceptors (Lipinski definition) is 1. The van der Waals surface area contributed by atoms with Crippen molar-refractivity contribution in [3.05, 3.63) is 0 Å². The van der Waals surface area contributed by atoms with E-state index in [9.17, 15) is 48.7 Å². The zero-order chi connectivity index (χ0) is 15.0. The Bertz CT molecular complexity index is 292. The molecule has 11 heteroatoms. The van der Waals surface area contributed by atoms with Gasteiger partial charge < -0.3 is 0 Å². The summed E-state index contributed by atoms with van der Waals surface area (Å²) in [5.74, 6) is -28.9. The number of hydrogen-bond donors (Lipinski definition) is 0. The Morgan fingerprint density at radius 3 is 1.06 bits per heavy atom. The number of carbonyl (C=O) groups is 1. The summed E-state index contributed by atoms with van der Waals surface area (Å²) >= 11 is 0. The lowest BCUT2D eigenvalue weighted by Crippen LogP contribution is -2.60. The van der Waals surface area contributed by atoms with Crippen LogP contribution in [0.25, 0.3) is 0 Å². The molecule has 0 aliphatic rings. The minimum atomic E-state index is -6.40. The van der Waals surface area contributed by atoms with Crippen molar-refractivity contribution in [2.45, 2.75) is 23.7 Å². The molecule has 18 heavy (non-hydrogen) atoms. The SMILES string of the molecule is O=C(C(F)(F)C(F)(F)CF)C(F)(F)C(F)(F)CF. The highest BCUT2D eigenvalue weighted by Gasteiger charge is 2.74. The normalized spacial score (nSPS) is 14.8. The van der Waals surface area contributed by atoms with E-state index >= 15 is 0 Å². The Morgan fingerprint density at radius 2 is 0.889 bits per heavy atom. The van der Waals surface area contributed by atoms with Crippen molar-refractivity contribution >= 4 is 5.78 Å². The van der Waals surface area contributed by atoms with E-state index in [0.717, 1.165) is 0 Å². The van der Waals surface area contributed by atoms with Gasteiger partial charge in [-0.05, 0) is 0 Å². The fourth-order valence-electron chi connectivity index (χ4n) is 0.697. The number of Topliss-reactive ketones (excluding diaryl/α,β-unsaturated/α-hetero) is 1. The van der Waals surface area contributed by atoms with Gasteiger partial charge in [0, 0.05) is 0 Å². The fourth-order valence-corrected chi connectivity index (χ4v) is 0.697. The predicted molar refractivity (Wildman–Crippen MR) is 36.7 cm³/mol. The van der Waals surface area contributed by atoms with E-state index in [4.69, 9.17) is 0 Å². The highest BCUT2D eigenvalue weighted by atomic mass is 19.3. The van der Waals surface area contributed by atoms with Crippen LogP contribution >= 0.6 is 0 Å². The second-order valence-electron chi connectivity index (χ2n) is 3.15. The quantitative estimate of drug-likeness (QED) is 0.688. The molecule has 0 saturated heterocycles. The molecule has 1 nitrogen and oxygen atoms in total. The molecule has 0 radical (unpaired) electrons. The lowest BCUT2D eigenvalue weighted by molar-refractivity contribution is -0.256. The third-order valence-electron chi connectivity index (χ3n) is 1.82. The van der Waals surface area contributed by atoms with E-state index in [-0.39, 0.29) is 0 Å². The summed E-state index contributed by atoms with van der Waals surface area (Å²) < 4.78 is 122. The number of alkyl halides is 10. The summed E-state index contributed by atoms with van der Waals surface area (Å²) in [4.78, 5) is 10.3. The van der Waals surface area contributed by atoms with Crippen LogP contribution in [-0.4, -0.2) is 42.8 Å². The molecule has 0 spiro atoms. The molecule has 0 rings (SSSR count). The molecule has 0 aromatic carbocycles. The van der Waals surface area contributed by atoms with Crippen molar-refractivity contribution in [1.82, 2.24) is 0 Å². The van der Waals surface area contributed by atoms with E-state index in [1.807, 2.05) is 0 Å². The molecule has 0 bridgehead atoms. The molecule has 0 fully saturated rings. The summed E-state index contributed by atoms with van der Waals surface area (Å²) in [5, 5.41) is 0. The lowest BCUT2D eigenvalue weighted by Gasteiger charge is -2.29. The average molecular weight is 294 g/mol. The largest absolute Gasteiger partial charge is 0.376 e. The molecule has 0 saturated carbocycles. The maximum Gasteiger partial charge on any atom is 0.376 e. The fraction of sp³-hybridized carbons (Fsp3) is 0.857. The van der Waals surface area contributed by atoms with E-state index < -0.39 is 42.8 Å². The lowest BCUT2D eigenvalue weighted by atomic mass is 9.98. The van der Waals surface area contributed by atoms with Gasteiger partial charge in [0.15, 0.2) is 13.3 Å². The molecule has 0 aliphatic carbocycles. The van der Waals surface area contributed by atoms with Gasteiger partial charge >= 0.3 is 23.7 Å². The molecular formula is C7H4F10O. The molecule has 0 amide bonds. The molecule has 108 valence electrons. The summed E-state index contributed by atoms with van der Waals surface area (Å²) in [7, 11) is 0. The number of rotatable bonds is 6. The summed E-state index contributed by atoms with van der Waals surface area (Å²) in [6.45, 7) is -6.47. The standard InChI is InChI=1S/C7H4F10O/c8-1-4(10,11)6(14,15)3(18)7(16,17)5(12,13)2-9/h1-2H2. The van der Waals surface area contributed by atoms with Gasteiger partial charge in [0.25, 0.3) is 5.78 Å². The number of ketones is 1. The van der Waals surface area contributed by atoms with E-state index in [2.05, 4.69) is 0 Å². The van der Waals surface area contributed by atoms with Crippen molar-refractivity contribution in [2.24, 2.45) is 0 Å². The highest BCUT2D eigenvalue weighted by Crippen LogP contribution is 2.44. The van der Waals surface area contributed by atoms with Crippen molar-refractivity contribution in [2.75, 3.05) is 13.3 Å².